The van der Waals surface area contributed by atoms with Crippen molar-refractivity contribution in [3.05, 3.63) is 83.4 Å². The molecular formula is C24H28N4O5. The van der Waals surface area contributed by atoms with E-state index in [-0.39, 0.29) is 23.8 Å². The summed E-state index contributed by atoms with van der Waals surface area (Å²) in [6, 6.07) is 16.2. The summed E-state index contributed by atoms with van der Waals surface area (Å²) in [4.78, 5) is 11.0. The predicted molar refractivity (Wildman–Crippen MR) is 124 cm³/mol. The number of carboxylic acid groups (broad SMARTS) is 1. The van der Waals surface area contributed by atoms with Gasteiger partial charge in [-0.2, -0.15) is 10.2 Å². The smallest absolute Gasteiger partial charge is 0.354 e. The van der Waals surface area contributed by atoms with Crippen LogP contribution in [0.3, 0.4) is 0 Å². The first-order valence-corrected chi connectivity index (χ1v) is 10.3. The number of aryl methyl sites for hydroxylation is 2. The molecule has 4 rings (SSSR count). The molecule has 9 heteroatoms. The standard InChI is InChI=1S/C11H10N2O3.C11H12N2O2.C2H6/c1-7-6-10(11(15)16)13(12-7)8-2-4-9(14)5-3-8;1-8-6-10(7-14)13(12-8)9-2-4-11(15)5-3-9;1-2/h2-6,14H,1H3,(H,15,16);2-6,14-15H,7H2,1H3;1-2H3. The van der Waals surface area contributed by atoms with Crippen molar-refractivity contribution in [2.24, 2.45) is 0 Å². The summed E-state index contributed by atoms with van der Waals surface area (Å²) < 4.78 is 2.99. The molecule has 4 N–H and O–H groups in total. The molecule has 2 aromatic heterocycles. The number of aromatic hydroxyl groups is 2. The third-order valence-corrected chi connectivity index (χ3v) is 4.31. The molecule has 0 radical (unpaired) electrons. The second-order valence-corrected chi connectivity index (χ2v) is 6.77. The topological polar surface area (TPSA) is 134 Å². The highest BCUT2D eigenvalue weighted by atomic mass is 16.4. The number of nitrogens with zero attached hydrogens (tertiary/aromatic N) is 4. The number of aromatic carboxylic acids is 1. The molecular weight excluding hydrogens is 424 g/mol. The van der Waals surface area contributed by atoms with Crippen LogP contribution in [0.4, 0.5) is 0 Å². The van der Waals surface area contributed by atoms with Crippen LogP contribution in [0.25, 0.3) is 11.4 Å². The zero-order valence-corrected chi connectivity index (χ0v) is 19.0. The van der Waals surface area contributed by atoms with E-state index < -0.39 is 5.97 Å². The van der Waals surface area contributed by atoms with E-state index in [9.17, 15) is 4.79 Å². The minimum absolute atomic E-state index is 0.0539. The van der Waals surface area contributed by atoms with Gasteiger partial charge in [-0.1, -0.05) is 13.8 Å². The Hall–Kier alpha value is -4.11. The largest absolute Gasteiger partial charge is 0.508 e. The zero-order chi connectivity index (χ0) is 24.5. The van der Waals surface area contributed by atoms with Crippen molar-refractivity contribution in [2.45, 2.75) is 34.3 Å². The van der Waals surface area contributed by atoms with Gasteiger partial charge in [-0.05, 0) is 74.5 Å². The molecule has 0 aliphatic heterocycles. The fourth-order valence-electron chi connectivity index (χ4n) is 2.93. The number of aliphatic hydroxyl groups is 1. The lowest BCUT2D eigenvalue weighted by Gasteiger charge is -2.04. The summed E-state index contributed by atoms with van der Waals surface area (Å²) in [5.74, 6) is -0.689. The highest BCUT2D eigenvalue weighted by Gasteiger charge is 2.13. The summed E-state index contributed by atoms with van der Waals surface area (Å²) in [6.07, 6.45) is 0. The fourth-order valence-corrected chi connectivity index (χ4v) is 2.93. The number of aliphatic hydroxyl groups excluding tert-OH is 1. The molecule has 0 bridgehead atoms. The van der Waals surface area contributed by atoms with Crippen LogP contribution < -0.4 is 0 Å². The Morgan fingerprint density at radius 2 is 1.21 bits per heavy atom. The van der Waals surface area contributed by atoms with Gasteiger partial charge in [-0.25, -0.2) is 14.2 Å². The molecule has 33 heavy (non-hydrogen) atoms. The molecule has 0 amide bonds. The van der Waals surface area contributed by atoms with Gasteiger partial charge in [0.1, 0.15) is 11.5 Å². The maximum Gasteiger partial charge on any atom is 0.354 e. The van der Waals surface area contributed by atoms with E-state index >= 15 is 0 Å². The Morgan fingerprint density at radius 1 is 0.788 bits per heavy atom. The van der Waals surface area contributed by atoms with Crippen LogP contribution >= 0.6 is 0 Å². The van der Waals surface area contributed by atoms with E-state index in [0.29, 0.717) is 11.4 Å². The van der Waals surface area contributed by atoms with Gasteiger partial charge in [-0.3, -0.25) is 0 Å². The Labute approximate surface area is 191 Å². The van der Waals surface area contributed by atoms with E-state index in [4.69, 9.17) is 20.4 Å². The van der Waals surface area contributed by atoms with Gasteiger partial charge in [0, 0.05) is 0 Å². The number of hydrogen-bond donors (Lipinski definition) is 4. The quantitative estimate of drug-likeness (QED) is 0.368. The van der Waals surface area contributed by atoms with Crippen LogP contribution in [-0.4, -0.2) is 46.0 Å². The van der Waals surface area contributed by atoms with Crippen molar-refractivity contribution in [2.75, 3.05) is 0 Å². The van der Waals surface area contributed by atoms with Crippen LogP contribution in [0.15, 0.2) is 60.7 Å². The number of aromatic nitrogens is 4. The number of phenolic OH excluding ortho intramolecular Hbond substituents is 2. The van der Waals surface area contributed by atoms with Crippen molar-refractivity contribution >= 4 is 5.97 Å². The number of rotatable bonds is 4. The second-order valence-electron chi connectivity index (χ2n) is 6.77. The minimum atomic E-state index is -1.03. The maximum atomic E-state index is 11.0. The molecule has 0 aliphatic carbocycles. The highest BCUT2D eigenvalue weighted by Crippen LogP contribution is 2.17. The normalized spacial score (nSPS) is 9.97. The third kappa shape index (κ3) is 6.44. The number of carboxylic acids is 1. The monoisotopic (exact) mass is 452 g/mol. The number of carbonyl (C=O) groups is 1. The first-order chi connectivity index (χ1) is 15.8. The molecule has 9 nitrogen and oxygen atoms in total. The molecule has 174 valence electrons. The van der Waals surface area contributed by atoms with Gasteiger partial charge in [0.25, 0.3) is 0 Å². The van der Waals surface area contributed by atoms with E-state index in [2.05, 4.69) is 10.2 Å². The molecule has 0 unspecified atom stereocenters. The molecule has 0 aliphatic rings. The molecule has 0 saturated heterocycles. The lowest BCUT2D eigenvalue weighted by molar-refractivity contribution is 0.0687. The molecule has 0 saturated carbocycles. The molecule has 0 spiro atoms. The lowest BCUT2D eigenvalue weighted by atomic mass is 10.3. The summed E-state index contributed by atoms with van der Waals surface area (Å²) >= 11 is 0. The number of phenols is 2. The molecule has 2 aromatic carbocycles. The predicted octanol–water partition coefficient (Wildman–Crippen LogP) is 3.99. The van der Waals surface area contributed by atoms with E-state index in [0.717, 1.165) is 17.1 Å². The first kappa shape index (κ1) is 25.2. The Balaban J connectivity index is 0.000000218. The third-order valence-electron chi connectivity index (χ3n) is 4.31. The molecule has 4 aromatic rings. The number of benzene rings is 2. The van der Waals surface area contributed by atoms with Crippen LogP contribution in [0.5, 0.6) is 11.5 Å². The molecule has 0 fully saturated rings. The SMILES string of the molecule is CC.Cc1cc(C(=O)O)n(-c2ccc(O)cc2)n1.Cc1cc(CO)n(-c2ccc(O)cc2)n1. The van der Waals surface area contributed by atoms with Crippen LogP contribution in [-0.2, 0) is 6.61 Å². The zero-order valence-electron chi connectivity index (χ0n) is 19.0. The second kappa shape index (κ2) is 11.5. The fraction of sp³-hybridized carbons (Fsp3) is 0.208. The first-order valence-electron chi connectivity index (χ1n) is 10.3. The van der Waals surface area contributed by atoms with Gasteiger partial charge in [-0.15, -0.1) is 0 Å². The summed E-state index contributed by atoms with van der Waals surface area (Å²) in [5.41, 5.74) is 3.74. The van der Waals surface area contributed by atoms with E-state index in [1.54, 1.807) is 48.0 Å². The van der Waals surface area contributed by atoms with Crippen molar-refractivity contribution < 1.29 is 25.2 Å². The summed E-state index contributed by atoms with van der Waals surface area (Å²) in [5, 5.41) is 44.8. The minimum Gasteiger partial charge on any atom is -0.508 e. The van der Waals surface area contributed by atoms with E-state index in [1.807, 2.05) is 26.8 Å². The van der Waals surface area contributed by atoms with E-state index in [1.165, 1.54) is 22.9 Å². The van der Waals surface area contributed by atoms with Crippen molar-refractivity contribution in [3.63, 3.8) is 0 Å². The van der Waals surface area contributed by atoms with Gasteiger partial charge in [0.15, 0.2) is 5.69 Å². The summed E-state index contributed by atoms with van der Waals surface area (Å²) in [7, 11) is 0. The number of hydrogen-bond acceptors (Lipinski definition) is 6. The van der Waals surface area contributed by atoms with Crippen molar-refractivity contribution in [1.82, 2.24) is 19.6 Å². The Morgan fingerprint density at radius 3 is 1.67 bits per heavy atom. The molecule has 0 atom stereocenters. The summed E-state index contributed by atoms with van der Waals surface area (Å²) in [6.45, 7) is 7.54. The van der Waals surface area contributed by atoms with Crippen LogP contribution in [0, 0.1) is 13.8 Å². The lowest BCUT2D eigenvalue weighted by Crippen LogP contribution is -2.07. The average Bonchev–Trinajstić information content (AvgIpc) is 3.39. The maximum absolute atomic E-state index is 11.0. The van der Waals surface area contributed by atoms with Crippen LogP contribution in [0.1, 0.15) is 41.4 Å². The van der Waals surface area contributed by atoms with Gasteiger partial charge in [0.05, 0.1) is 35.1 Å². The van der Waals surface area contributed by atoms with Gasteiger partial charge in [0.2, 0.25) is 0 Å². The Bertz CT molecular complexity index is 1180. The van der Waals surface area contributed by atoms with Crippen molar-refractivity contribution in [3.8, 4) is 22.9 Å². The van der Waals surface area contributed by atoms with Gasteiger partial charge < -0.3 is 20.4 Å². The average molecular weight is 453 g/mol. The Kier molecular flexibility index (Phi) is 8.76. The van der Waals surface area contributed by atoms with Crippen LogP contribution in [0.2, 0.25) is 0 Å². The van der Waals surface area contributed by atoms with Crippen molar-refractivity contribution in [1.29, 1.82) is 0 Å². The highest BCUT2D eigenvalue weighted by molar-refractivity contribution is 5.86. The van der Waals surface area contributed by atoms with Gasteiger partial charge >= 0.3 is 5.97 Å². The molecule has 2 heterocycles.